The summed E-state index contributed by atoms with van der Waals surface area (Å²) in [6.45, 7) is 5.41. The Bertz CT molecular complexity index is 767. The quantitative estimate of drug-likeness (QED) is 0.764. The van der Waals surface area contributed by atoms with Crippen LogP contribution in [0, 0.1) is 0 Å². The van der Waals surface area contributed by atoms with Crippen LogP contribution in [0.1, 0.15) is 38.6 Å². The highest BCUT2D eigenvalue weighted by Gasteiger charge is 2.43. The Morgan fingerprint density at radius 1 is 1.33 bits per heavy atom. The smallest absolute Gasteiger partial charge is 0.261 e. The minimum Gasteiger partial charge on any atom is -0.261 e. The van der Waals surface area contributed by atoms with E-state index in [4.69, 9.17) is 10.7 Å². The number of halogens is 1. The lowest BCUT2D eigenvalue weighted by atomic mass is 10.0. The van der Waals surface area contributed by atoms with Gasteiger partial charge in [-0.05, 0) is 26.2 Å². The van der Waals surface area contributed by atoms with E-state index in [0.29, 0.717) is 30.7 Å². The van der Waals surface area contributed by atoms with E-state index in [-0.39, 0.29) is 16.4 Å². The van der Waals surface area contributed by atoms with Gasteiger partial charge in [-0.15, -0.1) is 0 Å². The molecule has 0 bridgehead atoms. The van der Waals surface area contributed by atoms with Crippen LogP contribution in [0.25, 0.3) is 0 Å². The van der Waals surface area contributed by atoms with Crippen molar-refractivity contribution in [3.8, 4) is 0 Å². The van der Waals surface area contributed by atoms with Crippen LogP contribution in [-0.2, 0) is 37.3 Å². The summed E-state index contributed by atoms with van der Waals surface area (Å²) in [6, 6.07) is 0. The van der Waals surface area contributed by atoms with Crippen molar-refractivity contribution in [2.24, 2.45) is 0 Å². The van der Waals surface area contributed by atoms with Crippen molar-refractivity contribution in [3.63, 3.8) is 0 Å². The molecule has 0 spiro atoms. The van der Waals surface area contributed by atoms with E-state index in [1.807, 2.05) is 6.92 Å². The first kappa shape index (κ1) is 16.8. The van der Waals surface area contributed by atoms with Crippen LogP contribution < -0.4 is 0 Å². The van der Waals surface area contributed by atoms with Gasteiger partial charge in [0.15, 0.2) is 9.84 Å². The number of rotatable bonds is 4. The fourth-order valence-electron chi connectivity index (χ4n) is 2.92. The summed E-state index contributed by atoms with van der Waals surface area (Å²) in [5.74, 6) is 0.0660. The van der Waals surface area contributed by atoms with E-state index in [9.17, 15) is 16.8 Å². The van der Waals surface area contributed by atoms with Gasteiger partial charge in [-0.25, -0.2) is 16.8 Å². The second-order valence-corrected chi connectivity index (χ2v) is 10.3. The summed E-state index contributed by atoms with van der Waals surface area (Å²) in [5.41, 5.74) is 0.169. The molecule has 6 nitrogen and oxygen atoms in total. The standard InChI is InChI=1S/C12H19ClN2O4S2/c1-4-9-11(21(13,18)19)10(5-2)15(14-9)12(3)6-7-20(16,17)8-12/h4-8H2,1-3H3. The van der Waals surface area contributed by atoms with Crippen molar-refractivity contribution >= 4 is 29.6 Å². The minimum absolute atomic E-state index is 0.0282. The molecule has 0 N–H and O–H groups in total. The predicted molar refractivity (Wildman–Crippen MR) is 80.9 cm³/mol. The van der Waals surface area contributed by atoms with Gasteiger partial charge in [0, 0.05) is 10.7 Å². The molecule has 1 unspecified atom stereocenters. The largest absolute Gasteiger partial charge is 0.264 e. The molecular formula is C12H19ClN2O4S2. The van der Waals surface area contributed by atoms with Gasteiger partial charge < -0.3 is 0 Å². The molecule has 2 rings (SSSR count). The second kappa shape index (κ2) is 5.24. The molecule has 0 aliphatic carbocycles. The van der Waals surface area contributed by atoms with Crippen LogP contribution in [0.4, 0.5) is 0 Å². The van der Waals surface area contributed by atoms with Crippen molar-refractivity contribution in [1.29, 1.82) is 0 Å². The molecule has 9 heteroatoms. The number of nitrogens with zero attached hydrogens (tertiary/aromatic N) is 2. The lowest BCUT2D eigenvalue weighted by Gasteiger charge is -2.25. The van der Waals surface area contributed by atoms with Gasteiger partial charge in [0.05, 0.1) is 28.4 Å². The molecule has 1 aliphatic heterocycles. The number of aromatic nitrogens is 2. The van der Waals surface area contributed by atoms with Gasteiger partial charge in [-0.2, -0.15) is 5.10 Å². The lowest BCUT2D eigenvalue weighted by Crippen LogP contribution is -2.34. The molecule has 0 saturated carbocycles. The first-order chi connectivity index (χ1) is 9.54. The Labute approximate surface area is 129 Å². The Balaban J connectivity index is 2.69. The van der Waals surface area contributed by atoms with E-state index in [0.717, 1.165) is 0 Å². The molecule has 1 aromatic rings. The molecule has 21 heavy (non-hydrogen) atoms. The van der Waals surface area contributed by atoms with Crippen LogP contribution in [0.3, 0.4) is 0 Å². The zero-order valence-electron chi connectivity index (χ0n) is 12.3. The van der Waals surface area contributed by atoms with Gasteiger partial charge in [0.1, 0.15) is 4.90 Å². The third-order valence-electron chi connectivity index (χ3n) is 3.91. The van der Waals surface area contributed by atoms with E-state index in [1.54, 1.807) is 18.5 Å². The average molecular weight is 355 g/mol. The van der Waals surface area contributed by atoms with Crippen molar-refractivity contribution in [3.05, 3.63) is 11.4 Å². The maximum Gasteiger partial charge on any atom is 0.264 e. The highest BCUT2D eigenvalue weighted by molar-refractivity contribution is 8.13. The van der Waals surface area contributed by atoms with E-state index >= 15 is 0 Å². The lowest BCUT2D eigenvalue weighted by molar-refractivity contribution is 0.316. The number of hydrogen-bond donors (Lipinski definition) is 0. The van der Waals surface area contributed by atoms with Gasteiger partial charge in [0.2, 0.25) is 0 Å². The maximum absolute atomic E-state index is 11.8. The van der Waals surface area contributed by atoms with Crippen molar-refractivity contribution in [2.75, 3.05) is 11.5 Å². The van der Waals surface area contributed by atoms with Gasteiger partial charge >= 0.3 is 0 Å². The highest BCUT2D eigenvalue weighted by atomic mass is 35.7. The Hall–Kier alpha value is -0.600. The van der Waals surface area contributed by atoms with Gasteiger partial charge in [-0.1, -0.05) is 13.8 Å². The molecule has 0 radical (unpaired) electrons. The molecule has 0 aromatic carbocycles. The first-order valence-electron chi connectivity index (χ1n) is 6.80. The average Bonchev–Trinajstić information content (AvgIpc) is 2.87. The summed E-state index contributed by atoms with van der Waals surface area (Å²) in [7, 11) is -1.48. The molecule has 0 amide bonds. The highest BCUT2D eigenvalue weighted by Crippen LogP contribution is 2.35. The summed E-state index contributed by atoms with van der Waals surface area (Å²) < 4.78 is 48.9. The second-order valence-electron chi connectivity index (χ2n) is 5.62. The normalized spacial score (nSPS) is 25.3. The molecule has 1 fully saturated rings. The zero-order valence-corrected chi connectivity index (χ0v) is 14.6. The monoisotopic (exact) mass is 354 g/mol. The Morgan fingerprint density at radius 2 is 1.95 bits per heavy atom. The SMILES string of the molecule is CCc1nn(C2(C)CCS(=O)(=O)C2)c(CC)c1S(=O)(=O)Cl. The van der Waals surface area contributed by atoms with Crippen LogP contribution in [-0.4, -0.2) is 38.1 Å². The van der Waals surface area contributed by atoms with E-state index in [2.05, 4.69) is 5.10 Å². The number of aryl methyl sites for hydroxylation is 1. The minimum atomic E-state index is -3.91. The maximum atomic E-state index is 11.8. The van der Waals surface area contributed by atoms with Crippen molar-refractivity contribution in [1.82, 2.24) is 9.78 Å². The zero-order chi connectivity index (χ0) is 16.1. The molecule has 1 aromatic heterocycles. The first-order valence-corrected chi connectivity index (χ1v) is 10.9. The van der Waals surface area contributed by atoms with Crippen LogP contribution in [0.2, 0.25) is 0 Å². The van der Waals surface area contributed by atoms with Crippen molar-refractivity contribution in [2.45, 2.75) is 50.5 Å². The fourth-order valence-corrected chi connectivity index (χ4v) is 6.54. The molecule has 1 aliphatic rings. The summed E-state index contributed by atoms with van der Waals surface area (Å²) in [5, 5.41) is 4.37. The van der Waals surface area contributed by atoms with Crippen LogP contribution in [0.15, 0.2) is 4.90 Å². The van der Waals surface area contributed by atoms with E-state index < -0.39 is 24.4 Å². The molecular weight excluding hydrogens is 336 g/mol. The summed E-state index contributed by atoms with van der Waals surface area (Å²) in [6.07, 6.45) is 1.27. The van der Waals surface area contributed by atoms with Crippen LogP contribution >= 0.6 is 10.7 Å². The van der Waals surface area contributed by atoms with Crippen LogP contribution in [0.5, 0.6) is 0 Å². The topological polar surface area (TPSA) is 86.1 Å². The third-order valence-corrected chi connectivity index (χ3v) is 7.22. The van der Waals surface area contributed by atoms with Gasteiger partial charge in [0.25, 0.3) is 9.05 Å². The third kappa shape index (κ3) is 2.98. The van der Waals surface area contributed by atoms with E-state index in [1.165, 1.54) is 0 Å². The molecule has 2 heterocycles. The Morgan fingerprint density at radius 3 is 2.33 bits per heavy atom. The molecule has 1 atom stereocenters. The summed E-state index contributed by atoms with van der Waals surface area (Å²) >= 11 is 0. The van der Waals surface area contributed by atoms with Gasteiger partial charge in [-0.3, -0.25) is 4.68 Å². The summed E-state index contributed by atoms with van der Waals surface area (Å²) in [4.78, 5) is 0.0414. The fraction of sp³-hybridized carbons (Fsp3) is 0.750. The molecule has 120 valence electrons. The Kier molecular flexibility index (Phi) is 4.18. The van der Waals surface area contributed by atoms with Crippen molar-refractivity contribution < 1.29 is 16.8 Å². The number of hydrogen-bond acceptors (Lipinski definition) is 5. The number of sulfone groups is 1. The molecule has 1 saturated heterocycles. The predicted octanol–water partition coefficient (Wildman–Crippen LogP) is 1.47.